The van der Waals surface area contributed by atoms with Gasteiger partial charge in [0.25, 0.3) is 0 Å². The van der Waals surface area contributed by atoms with Gasteiger partial charge in [-0.15, -0.1) is 6.58 Å². The fourth-order valence-electron chi connectivity index (χ4n) is 2.11. The molecular weight excluding hydrogens is 252 g/mol. The first-order valence-electron chi connectivity index (χ1n) is 6.22. The Morgan fingerprint density at radius 3 is 2.72 bits per heavy atom. The molecule has 2 atom stereocenters. The molecule has 1 heterocycles. The fraction of sp³-hybridized carbons (Fsp3) is 0.750. The predicted octanol–water partition coefficient (Wildman–Crippen LogP) is 0.316. The number of amides is 1. The van der Waals surface area contributed by atoms with Crippen molar-refractivity contribution in [2.45, 2.75) is 38.3 Å². The monoisotopic (exact) mass is 274 g/mol. The van der Waals surface area contributed by atoms with Crippen molar-refractivity contribution in [2.75, 3.05) is 18.1 Å². The van der Waals surface area contributed by atoms with Gasteiger partial charge in [-0.2, -0.15) is 0 Å². The van der Waals surface area contributed by atoms with Gasteiger partial charge in [-0.3, -0.25) is 4.79 Å². The lowest BCUT2D eigenvalue weighted by molar-refractivity contribution is -0.132. The number of nitrogens with two attached hydrogens (primary N) is 1. The number of carbonyl (C=O) groups excluding carboxylic acids is 1. The van der Waals surface area contributed by atoms with E-state index in [1.54, 1.807) is 11.0 Å². The highest BCUT2D eigenvalue weighted by atomic mass is 32.2. The number of nitrogens with zero attached hydrogens (tertiary/aromatic N) is 1. The van der Waals surface area contributed by atoms with E-state index in [2.05, 4.69) is 6.58 Å². The molecule has 0 aliphatic carbocycles. The van der Waals surface area contributed by atoms with Gasteiger partial charge in [0.15, 0.2) is 9.84 Å². The van der Waals surface area contributed by atoms with Crippen molar-refractivity contribution < 1.29 is 13.2 Å². The van der Waals surface area contributed by atoms with Crippen molar-refractivity contribution in [1.82, 2.24) is 4.90 Å². The summed E-state index contributed by atoms with van der Waals surface area (Å²) in [6.45, 7) is 5.87. The van der Waals surface area contributed by atoms with E-state index in [9.17, 15) is 13.2 Å². The zero-order chi connectivity index (χ0) is 13.8. The summed E-state index contributed by atoms with van der Waals surface area (Å²) in [7, 11) is -2.98. The molecule has 0 aromatic rings. The zero-order valence-corrected chi connectivity index (χ0v) is 11.7. The van der Waals surface area contributed by atoms with Crippen LogP contribution in [0.3, 0.4) is 0 Å². The highest BCUT2D eigenvalue weighted by molar-refractivity contribution is 7.91. The molecule has 1 fully saturated rings. The quantitative estimate of drug-likeness (QED) is 0.707. The second kappa shape index (κ2) is 6.33. The molecule has 0 radical (unpaired) electrons. The van der Waals surface area contributed by atoms with Gasteiger partial charge >= 0.3 is 0 Å². The molecule has 1 rings (SSSR count). The van der Waals surface area contributed by atoms with E-state index in [-0.39, 0.29) is 29.5 Å². The lowest BCUT2D eigenvalue weighted by Gasteiger charge is -2.27. The first-order chi connectivity index (χ1) is 8.35. The number of hydrogen-bond acceptors (Lipinski definition) is 4. The lowest BCUT2D eigenvalue weighted by Crippen LogP contribution is -2.41. The largest absolute Gasteiger partial charge is 0.335 e. The molecule has 2 unspecified atom stereocenters. The SMILES string of the molecule is C=CCN(C(=O)CCC(C)N)C1CCS(=O)(=O)C1. The van der Waals surface area contributed by atoms with Crippen LogP contribution < -0.4 is 5.73 Å². The first kappa shape index (κ1) is 15.2. The van der Waals surface area contributed by atoms with E-state index in [1.165, 1.54) is 0 Å². The van der Waals surface area contributed by atoms with E-state index < -0.39 is 9.84 Å². The molecule has 18 heavy (non-hydrogen) atoms. The Bertz CT molecular complexity index is 404. The van der Waals surface area contributed by atoms with Gasteiger partial charge in [-0.1, -0.05) is 6.08 Å². The molecule has 1 saturated heterocycles. The summed E-state index contributed by atoms with van der Waals surface area (Å²) in [5.74, 6) is 0.214. The number of carbonyl (C=O) groups is 1. The van der Waals surface area contributed by atoms with E-state index >= 15 is 0 Å². The molecule has 5 nitrogen and oxygen atoms in total. The topological polar surface area (TPSA) is 80.5 Å². The van der Waals surface area contributed by atoms with Crippen LogP contribution >= 0.6 is 0 Å². The van der Waals surface area contributed by atoms with Crippen LogP contribution in [0.1, 0.15) is 26.2 Å². The smallest absolute Gasteiger partial charge is 0.223 e. The van der Waals surface area contributed by atoms with E-state index in [4.69, 9.17) is 5.73 Å². The summed E-state index contributed by atoms with van der Waals surface area (Å²) in [4.78, 5) is 13.7. The van der Waals surface area contributed by atoms with Crippen LogP contribution in [-0.4, -0.2) is 49.4 Å². The molecule has 1 aliphatic rings. The minimum atomic E-state index is -2.98. The number of sulfone groups is 1. The standard InChI is InChI=1S/C12H22N2O3S/c1-3-7-14(12(15)5-4-10(2)13)11-6-8-18(16,17)9-11/h3,10-11H,1,4-9,13H2,2H3. The van der Waals surface area contributed by atoms with Crippen molar-refractivity contribution in [3.63, 3.8) is 0 Å². The van der Waals surface area contributed by atoms with Gasteiger partial charge in [0.2, 0.25) is 5.91 Å². The second-order valence-electron chi connectivity index (χ2n) is 4.91. The molecule has 6 heteroatoms. The third kappa shape index (κ3) is 4.42. The molecule has 1 aliphatic heterocycles. The Balaban J connectivity index is 2.65. The highest BCUT2D eigenvalue weighted by Crippen LogP contribution is 2.19. The minimum Gasteiger partial charge on any atom is -0.335 e. The van der Waals surface area contributed by atoms with E-state index in [1.807, 2.05) is 6.92 Å². The molecule has 0 aromatic heterocycles. The Morgan fingerprint density at radius 2 is 2.28 bits per heavy atom. The molecule has 1 amide bonds. The van der Waals surface area contributed by atoms with Crippen LogP contribution in [0.2, 0.25) is 0 Å². The summed E-state index contributed by atoms with van der Waals surface area (Å²) in [5.41, 5.74) is 5.62. The van der Waals surface area contributed by atoms with Gasteiger partial charge in [-0.05, 0) is 19.8 Å². The van der Waals surface area contributed by atoms with Crippen LogP contribution in [-0.2, 0) is 14.6 Å². The lowest BCUT2D eigenvalue weighted by atomic mass is 10.1. The molecular formula is C12H22N2O3S. The normalized spacial score (nSPS) is 23.6. The van der Waals surface area contributed by atoms with Gasteiger partial charge in [0.1, 0.15) is 0 Å². The van der Waals surface area contributed by atoms with Crippen molar-refractivity contribution in [3.05, 3.63) is 12.7 Å². The molecule has 0 bridgehead atoms. The van der Waals surface area contributed by atoms with Crippen LogP contribution in [0.4, 0.5) is 0 Å². The average Bonchev–Trinajstić information content (AvgIpc) is 2.63. The molecule has 0 aromatic carbocycles. The minimum absolute atomic E-state index is 0.0214. The van der Waals surface area contributed by atoms with E-state index in [0.29, 0.717) is 25.8 Å². The van der Waals surface area contributed by atoms with Gasteiger partial charge < -0.3 is 10.6 Å². The number of rotatable bonds is 6. The van der Waals surface area contributed by atoms with Crippen molar-refractivity contribution in [2.24, 2.45) is 5.73 Å². The average molecular weight is 274 g/mol. The third-order valence-electron chi connectivity index (χ3n) is 3.11. The summed E-state index contributed by atoms with van der Waals surface area (Å²) < 4.78 is 22.9. The Kier molecular flexibility index (Phi) is 5.34. The Morgan fingerprint density at radius 1 is 1.61 bits per heavy atom. The van der Waals surface area contributed by atoms with Crippen molar-refractivity contribution in [3.8, 4) is 0 Å². The second-order valence-corrected chi connectivity index (χ2v) is 7.14. The Hall–Kier alpha value is -0.880. The van der Waals surface area contributed by atoms with Gasteiger partial charge in [-0.25, -0.2) is 8.42 Å². The summed E-state index contributed by atoms with van der Waals surface area (Å²) >= 11 is 0. The third-order valence-corrected chi connectivity index (χ3v) is 4.86. The van der Waals surface area contributed by atoms with Crippen molar-refractivity contribution >= 4 is 15.7 Å². The highest BCUT2D eigenvalue weighted by Gasteiger charge is 2.33. The van der Waals surface area contributed by atoms with Gasteiger partial charge in [0, 0.05) is 25.0 Å². The number of hydrogen-bond donors (Lipinski definition) is 1. The van der Waals surface area contributed by atoms with Gasteiger partial charge in [0.05, 0.1) is 11.5 Å². The molecule has 2 N–H and O–H groups in total. The maximum Gasteiger partial charge on any atom is 0.223 e. The van der Waals surface area contributed by atoms with Crippen molar-refractivity contribution in [1.29, 1.82) is 0 Å². The Labute approximate surface area is 109 Å². The van der Waals surface area contributed by atoms with Crippen LogP contribution in [0.5, 0.6) is 0 Å². The zero-order valence-electron chi connectivity index (χ0n) is 10.8. The van der Waals surface area contributed by atoms with Crippen LogP contribution in [0.25, 0.3) is 0 Å². The molecule has 0 spiro atoms. The summed E-state index contributed by atoms with van der Waals surface area (Å²) in [6, 6.07) is -0.222. The predicted molar refractivity (Wildman–Crippen MR) is 71.9 cm³/mol. The fourth-order valence-corrected chi connectivity index (χ4v) is 3.84. The molecule has 0 saturated carbocycles. The maximum atomic E-state index is 12.1. The van der Waals surface area contributed by atoms with Crippen LogP contribution in [0.15, 0.2) is 12.7 Å². The van der Waals surface area contributed by atoms with Crippen LogP contribution in [0, 0.1) is 0 Å². The summed E-state index contributed by atoms with van der Waals surface area (Å²) in [6.07, 6.45) is 3.14. The molecule has 104 valence electrons. The van der Waals surface area contributed by atoms with E-state index in [0.717, 1.165) is 0 Å². The maximum absolute atomic E-state index is 12.1. The summed E-state index contributed by atoms with van der Waals surface area (Å²) in [5, 5.41) is 0. The first-order valence-corrected chi connectivity index (χ1v) is 8.04.